The van der Waals surface area contributed by atoms with Crippen molar-refractivity contribution in [3.8, 4) is 0 Å². The Balaban J connectivity index is 1.71. The minimum atomic E-state index is -0.313. The zero-order valence-corrected chi connectivity index (χ0v) is 10.7. The van der Waals surface area contributed by atoms with E-state index in [-0.39, 0.29) is 11.9 Å². The van der Waals surface area contributed by atoms with Crippen LogP contribution in [0, 0.1) is 0 Å². The van der Waals surface area contributed by atoms with E-state index < -0.39 is 0 Å². The predicted octanol–water partition coefficient (Wildman–Crippen LogP) is 1.11. The molecule has 1 unspecified atom stereocenters. The van der Waals surface area contributed by atoms with E-state index in [4.69, 9.17) is 11.6 Å². The molecule has 0 saturated carbocycles. The van der Waals surface area contributed by atoms with Gasteiger partial charge >= 0.3 is 0 Å². The number of rotatable bonds is 2. The SMILES string of the molecule is O=C(Nc1cnccc1Cl)C1Cc2nc[nH]c2CN1. The largest absolute Gasteiger partial charge is 0.347 e. The number of aromatic nitrogens is 3. The molecule has 2 aromatic rings. The first-order chi connectivity index (χ1) is 9.24. The Hall–Kier alpha value is -1.92. The number of hydrogen-bond acceptors (Lipinski definition) is 4. The fourth-order valence-electron chi connectivity index (χ4n) is 2.04. The molecule has 7 heteroatoms. The van der Waals surface area contributed by atoms with Gasteiger partial charge in [-0.05, 0) is 6.07 Å². The van der Waals surface area contributed by atoms with Gasteiger partial charge in [-0.15, -0.1) is 0 Å². The van der Waals surface area contributed by atoms with Crippen LogP contribution in [0.5, 0.6) is 0 Å². The summed E-state index contributed by atoms with van der Waals surface area (Å²) in [4.78, 5) is 23.3. The Kier molecular flexibility index (Phi) is 3.18. The molecule has 0 spiro atoms. The van der Waals surface area contributed by atoms with Gasteiger partial charge in [-0.3, -0.25) is 15.1 Å². The lowest BCUT2D eigenvalue weighted by Crippen LogP contribution is -2.44. The van der Waals surface area contributed by atoms with Crippen molar-refractivity contribution in [2.24, 2.45) is 0 Å². The number of amides is 1. The summed E-state index contributed by atoms with van der Waals surface area (Å²) in [5, 5.41) is 6.40. The molecule has 0 radical (unpaired) electrons. The van der Waals surface area contributed by atoms with E-state index >= 15 is 0 Å². The van der Waals surface area contributed by atoms with Gasteiger partial charge in [-0.25, -0.2) is 4.98 Å². The highest BCUT2D eigenvalue weighted by molar-refractivity contribution is 6.33. The molecule has 3 rings (SSSR count). The van der Waals surface area contributed by atoms with Gasteiger partial charge in [0.05, 0.1) is 40.7 Å². The minimum Gasteiger partial charge on any atom is -0.347 e. The molecule has 19 heavy (non-hydrogen) atoms. The molecule has 0 saturated heterocycles. The van der Waals surface area contributed by atoms with Crippen LogP contribution in [0.25, 0.3) is 0 Å². The number of halogens is 1. The van der Waals surface area contributed by atoms with Crippen molar-refractivity contribution in [2.45, 2.75) is 19.0 Å². The van der Waals surface area contributed by atoms with Crippen LogP contribution in [-0.2, 0) is 17.8 Å². The highest BCUT2D eigenvalue weighted by atomic mass is 35.5. The number of nitrogens with zero attached hydrogens (tertiary/aromatic N) is 2. The average molecular weight is 278 g/mol. The molecule has 3 heterocycles. The Bertz CT molecular complexity index is 612. The minimum absolute atomic E-state index is 0.136. The first-order valence-corrected chi connectivity index (χ1v) is 6.26. The Labute approximate surface area is 114 Å². The Morgan fingerprint density at radius 3 is 3.26 bits per heavy atom. The number of H-pyrrole nitrogens is 1. The first-order valence-electron chi connectivity index (χ1n) is 5.89. The van der Waals surface area contributed by atoms with E-state index in [1.807, 2.05) is 0 Å². The van der Waals surface area contributed by atoms with Crippen LogP contribution in [0.4, 0.5) is 5.69 Å². The molecular weight excluding hydrogens is 266 g/mol. The van der Waals surface area contributed by atoms with E-state index in [1.165, 1.54) is 6.20 Å². The van der Waals surface area contributed by atoms with Crippen LogP contribution in [-0.4, -0.2) is 26.9 Å². The summed E-state index contributed by atoms with van der Waals surface area (Å²) in [6.45, 7) is 0.605. The zero-order chi connectivity index (χ0) is 13.2. The molecule has 1 atom stereocenters. The van der Waals surface area contributed by atoms with E-state index in [0.717, 1.165) is 11.4 Å². The number of aromatic amines is 1. The summed E-state index contributed by atoms with van der Waals surface area (Å²) in [5.74, 6) is -0.136. The second kappa shape index (κ2) is 4.99. The number of carbonyl (C=O) groups excluding carboxylic acids is 1. The number of anilines is 1. The molecule has 1 aliphatic rings. The van der Waals surface area contributed by atoms with Crippen molar-refractivity contribution in [3.05, 3.63) is 41.2 Å². The molecular formula is C12H12ClN5O. The highest BCUT2D eigenvalue weighted by Crippen LogP contribution is 2.20. The summed E-state index contributed by atoms with van der Waals surface area (Å²) < 4.78 is 0. The maximum atomic E-state index is 12.2. The molecule has 98 valence electrons. The van der Waals surface area contributed by atoms with Gasteiger partial charge in [0.1, 0.15) is 0 Å². The average Bonchev–Trinajstić information content (AvgIpc) is 2.88. The quantitative estimate of drug-likeness (QED) is 0.768. The Morgan fingerprint density at radius 2 is 2.42 bits per heavy atom. The van der Waals surface area contributed by atoms with Gasteiger partial charge in [0.2, 0.25) is 5.91 Å². The summed E-state index contributed by atoms with van der Waals surface area (Å²) in [6.07, 6.45) is 5.31. The third kappa shape index (κ3) is 2.45. The second-order valence-electron chi connectivity index (χ2n) is 4.31. The van der Waals surface area contributed by atoms with Gasteiger partial charge in [0.25, 0.3) is 0 Å². The van der Waals surface area contributed by atoms with E-state index in [1.54, 1.807) is 18.6 Å². The normalized spacial score (nSPS) is 17.8. The van der Waals surface area contributed by atoms with Crippen molar-refractivity contribution in [2.75, 3.05) is 5.32 Å². The number of fused-ring (bicyclic) bond motifs is 1. The van der Waals surface area contributed by atoms with Crippen molar-refractivity contribution in [1.82, 2.24) is 20.3 Å². The lowest BCUT2D eigenvalue weighted by atomic mass is 10.0. The summed E-state index contributed by atoms with van der Waals surface area (Å²) in [7, 11) is 0. The smallest absolute Gasteiger partial charge is 0.242 e. The predicted molar refractivity (Wildman–Crippen MR) is 70.8 cm³/mol. The number of nitrogens with one attached hydrogen (secondary N) is 3. The molecule has 0 bridgehead atoms. The van der Waals surface area contributed by atoms with Crippen LogP contribution in [0.1, 0.15) is 11.4 Å². The van der Waals surface area contributed by atoms with Crippen molar-refractivity contribution < 1.29 is 4.79 Å². The van der Waals surface area contributed by atoms with E-state index in [0.29, 0.717) is 23.7 Å². The van der Waals surface area contributed by atoms with Gasteiger partial charge in [0.15, 0.2) is 0 Å². The topological polar surface area (TPSA) is 82.7 Å². The molecule has 0 aliphatic carbocycles. The van der Waals surface area contributed by atoms with E-state index in [2.05, 4.69) is 25.6 Å². The summed E-state index contributed by atoms with van der Waals surface area (Å²) >= 11 is 5.98. The second-order valence-corrected chi connectivity index (χ2v) is 4.72. The molecule has 0 fully saturated rings. The van der Waals surface area contributed by atoms with Crippen LogP contribution in [0.15, 0.2) is 24.8 Å². The molecule has 6 nitrogen and oxygen atoms in total. The lowest BCUT2D eigenvalue weighted by Gasteiger charge is -2.22. The maximum absolute atomic E-state index is 12.2. The standard InChI is InChI=1S/C12H12ClN5O/c13-7-1-2-14-4-10(7)18-12(19)9-3-8-11(5-15-9)17-6-16-8/h1-2,4,6,9,15H,3,5H2,(H,16,17)(H,18,19). The van der Waals surface area contributed by atoms with Crippen molar-refractivity contribution >= 4 is 23.2 Å². The number of hydrogen-bond donors (Lipinski definition) is 3. The van der Waals surface area contributed by atoms with Crippen LogP contribution in [0.3, 0.4) is 0 Å². The first kappa shape index (κ1) is 12.1. The van der Waals surface area contributed by atoms with Crippen LogP contribution >= 0.6 is 11.6 Å². The molecule has 3 N–H and O–H groups in total. The van der Waals surface area contributed by atoms with Crippen LogP contribution < -0.4 is 10.6 Å². The molecule has 1 amide bonds. The van der Waals surface area contributed by atoms with Gasteiger partial charge < -0.3 is 10.3 Å². The van der Waals surface area contributed by atoms with Crippen LogP contribution in [0.2, 0.25) is 5.02 Å². The number of pyridine rings is 1. The van der Waals surface area contributed by atoms with Gasteiger partial charge in [-0.2, -0.15) is 0 Å². The fourth-order valence-corrected chi connectivity index (χ4v) is 2.20. The maximum Gasteiger partial charge on any atom is 0.242 e. The van der Waals surface area contributed by atoms with Crippen molar-refractivity contribution in [3.63, 3.8) is 0 Å². The Morgan fingerprint density at radius 1 is 1.53 bits per heavy atom. The molecule has 2 aromatic heterocycles. The molecule has 0 aromatic carbocycles. The zero-order valence-electron chi connectivity index (χ0n) is 9.98. The van der Waals surface area contributed by atoms with E-state index in [9.17, 15) is 4.79 Å². The summed E-state index contributed by atoms with van der Waals surface area (Å²) in [5.41, 5.74) is 2.48. The number of imidazole rings is 1. The van der Waals surface area contributed by atoms with Gasteiger partial charge in [0, 0.05) is 19.2 Å². The highest BCUT2D eigenvalue weighted by Gasteiger charge is 2.26. The van der Waals surface area contributed by atoms with Crippen molar-refractivity contribution in [1.29, 1.82) is 0 Å². The third-order valence-electron chi connectivity index (χ3n) is 3.07. The fraction of sp³-hybridized carbons (Fsp3) is 0.250. The van der Waals surface area contributed by atoms with Gasteiger partial charge in [-0.1, -0.05) is 11.6 Å². The number of carbonyl (C=O) groups is 1. The molecule has 1 aliphatic heterocycles. The summed E-state index contributed by atoms with van der Waals surface area (Å²) in [6, 6.07) is 1.32. The third-order valence-corrected chi connectivity index (χ3v) is 3.40. The lowest BCUT2D eigenvalue weighted by molar-refractivity contribution is -0.118. The monoisotopic (exact) mass is 277 g/mol.